The number of para-hydroxylation sites is 1. The Balaban J connectivity index is 1.77. The van der Waals surface area contributed by atoms with Gasteiger partial charge in [0, 0.05) is 17.8 Å². The molecule has 0 bridgehead atoms. The number of ether oxygens (including phenoxy) is 1. The molecule has 0 aliphatic heterocycles. The van der Waals surface area contributed by atoms with Gasteiger partial charge in [0.25, 0.3) is 0 Å². The summed E-state index contributed by atoms with van der Waals surface area (Å²) in [7, 11) is 1.62. The van der Waals surface area contributed by atoms with Crippen molar-refractivity contribution in [3.8, 4) is 5.75 Å². The fourth-order valence-electron chi connectivity index (χ4n) is 2.10. The van der Waals surface area contributed by atoms with Gasteiger partial charge >= 0.3 is 0 Å². The average molecular weight is 296 g/mol. The number of methoxy groups -OCH3 is 1. The lowest BCUT2D eigenvalue weighted by Gasteiger charge is -2.00. The summed E-state index contributed by atoms with van der Waals surface area (Å²) in [4.78, 5) is 9.32. The minimum absolute atomic E-state index is 0.392. The molecule has 0 atom stereocenters. The maximum atomic E-state index is 5.81. The van der Waals surface area contributed by atoms with E-state index >= 15 is 0 Å². The number of rotatable bonds is 5. The van der Waals surface area contributed by atoms with Crippen LogP contribution in [-0.4, -0.2) is 17.8 Å². The van der Waals surface area contributed by atoms with E-state index in [1.54, 1.807) is 19.5 Å². The summed E-state index contributed by atoms with van der Waals surface area (Å²) in [5.41, 5.74) is 2.40. The summed E-state index contributed by atoms with van der Waals surface area (Å²) in [6, 6.07) is 11.4. The predicted octanol–water partition coefficient (Wildman–Crippen LogP) is 3.78. The molecule has 5 nitrogen and oxygen atoms in total. The fourth-order valence-corrected chi connectivity index (χ4v) is 2.10. The fraction of sp³-hybridized carbons (Fsp3) is 0.176. The van der Waals surface area contributed by atoms with Gasteiger partial charge in [0.1, 0.15) is 12.3 Å². The van der Waals surface area contributed by atoms with Crippen molar-refractivity contribution >= 4 is 16.7 Å². The molecule has 0 aliphatic carbocycles. The van der Waals surface area contributed by atoms with Crippen LogP contribution in [0.25, 0.3) is 11.0 Å². The van der Waals surface area contributed by atoms with E-state index in [0.717, 1.165) is 10.9 Å². The summed E-state index contributed by atoms with van der Waals surface area (Å²) in [5.74, 6) is 1.36. The third-order valence-corrected chi connectivity index (χ3v) is 3.27. The van der Waals surface area contributed by atoms with E-state index < -0.39 is 0 Å². The van der Waals surface area contributed by atoms with Crippen molar-refractivity contribution in [1.29, 1.82) is 0 Å². The third kappa shape index (κ3) is 2.93. The number of oxime groups is 1. The molecule has 0 fully saturated rings. The number of benzene rings is 1. The van der Waals surface area contributed by atoms with Crippen molar-refractivity contribution in [3.63, 3.8) is 0 Å². The van der Waals surface area contributed by atoms with E-state index in [-0.39, 0.29) is 0 Å². The first-order valence-electron chi connectivity index (χ1n) is 6.90. The second-order valence-electron chi connectivity index (χ2n) is 4.79. The second-order valence-corrected chi connectivity index (χ2v) is 4.79. The van der Waals surface area contributed by atoms with Gasteiger partial charge in [-0.1, -0.05) is 17.3 Å². The molecule has 2 aromatic heterocycles. The summed E-state index contributed by atoms with van der Waals surface area (Å²) >= 11 is 0. The number of furan rings is 1. The lowest BCUT2D eigenvalue weighted by Crippen LogP contribution is -1.95. The number of hydrogen-bond acceptors (Lipinski definition) is 5. The van der Waals surface area contributed by atoms with Crippen molar-refractivity contribution in [2.75, 3.05) is 7.11 Å². The Morgan fingerprint density at radius 3 is 2.82 bits per heavy atom. The van der Waals surface area contributed by atoms with Crippen LogP contribution in [0.2, 0.25) is 0 Å². The molecule has 0 spiro atoms. The number of nitrogens with zero attached hydrogens (tertiary/aromatic N) is 2. The highest BCUT2D eigenvalue weighted by atomic mass is 16.6. The zero-order valence-corrected chi connectivity index (χ0v) is 12.4. The van der Waals surface area contributed by atoms with E-state index in [1.165, 1.54) is 0 Å². The van der Waals surface area contributed by atoms with Gasteiger partial charge in [0.05, 0.1) is 7.11 Å². The van der Waals surface area contributed by atoms with Gasteiger partial charge in [-0.2, -0.15) is 0 Å². The molecule has 0 amide bonds. The van der Waals surface area contributed by atoms with E-state index in [9.17, 15) is 0 Å². The quantitative estimate of drug-likeness (QED) is 0.531. The Bertz CT molecular complexity index is 794. The van der Waals surface area contributed by atoms with Crippen molar-refractivity contribution in [1.82, 2.24) is 4.98 Å². The molecule has 3 rings (SSSR count). The van der Waals surface area contributed by atoms with E-state index in [4.69, 9.17) is 14.0 Å². The lowest BCUT2D eigenvalue weighted by molar-refractivity contribution is 0.130. The van der Waals surface area contributed by atoms with Gasteiger partial charge in [0.15, 0.2) is 17.1 Å². The van der Waals surface area contributed by atoms with Crippen molar-refractivity contribution in [2.24, 2.45) is 5.16 Å². The first-order chi connectivity index (χ1) is 10.8. The zero-order valence-electron chi connectivity index (χ0n) is 12.4. The normalized spacial score (nSPS) is 11.6. The van der Waals surface area contributed by atoms with E-state index in [1.807, 2.05) is 43.3 Å². The van der Waals surface area contributed by atoms with Crippen LogP contribution in [-0.2, 0) is 11.4 Å². The van der Waals surface area contributed by atoms with Gasteiger partial charge in [-0.05, 0) is 36.8 Å². The highest BCUT2D eigenvalue weighted by molar-refractivity contribution is 6.00. The smallest absolute Gasteiger partial charge is 0.176 e. The largest absolute Gasteiger partial charge is 0.493 e. The highest BCUT2D eigenvalue weighted by Gasteiger charge is 2.10. The number of aromatic nitrogens is 1. The molecule has 0 unspecified atom stereocenters. The van der Waals surface area contributed by atoms with Crippen LogP contribution in [0.4, 0.5) is 0 Å². The van der Waals surface area contributed by atoms with Crippen LogP contribution < -0.4 is 4.74 Å². The van der Waals surface area contributed by atoms with Gasteiger partial charge in [0.2, 0.25) is 0 Å². The van der Waals surface area contributed by atoms with E-state index in [2.05, 4.69) is 10.1 Å². The molecule has 5 heteroatoms. The van der Waals surface area contributed by atoms with Crippen molar-refractivity contribution < 1.29 is 14.0 Å². The molecule has 0 radical (unpaired) electrons. The molecule has 2 heterocycles. The minimum Gasteiger partial charge on any atom is -0.493 e. The summed E-state index contributed by atoms with van der Waals surface area (Å²) in [6.07, 6.45) is 3.45. The maximum absolute atomic E-state index is 5.81. The van der Waals surface area contributed by atoms with Crippen molar-refractivity contribution in [2.45, 2.75) is 13.5 Å². The van der Waals surface area contributed by atoms with Gasteiger partial charge in [-0.15, -0.1) is 0 Å². The van der Waals surface area contributed by atoms with Crippen LogP contribution >= 0.6 is 0 Å². The molecule has 112 valence electrons. The number of fused-ring (bicyclic) bond motifs is 1. The van der Waals surface area contributed by atoms with Crippen LogP contribution in [0.3, 0.4) is 0 Å². The lowest BCUT2D eigenvalue weighted by atomic mass is 10.2. The SMILES string of the molecule is COc1cccc2cc(/C(C)=N/OCc3ccncc3)oc12. The highest BCUT2D eigenvalue weighted by Crippen LogP contribution is 2.28. The molecule has 0 aliphatic rings. The molecule has 1 aromatic carbocycles. The van der Waals surface area contributed by atoms with E-state index in [0.29, 0.717) is 29.4 Å². The summed E-state index contributed by atoms with van der Waals surface area (Å²) in [6.45, 7) is 2.24. The standard InChI is InChI=1S/C17H16N2O3/c1-12(19-21-11-13-6-8-18-9-7-13)16-10-14-4-3-5-15(20-2)17(14)22-16/h3-10H,11H2,1-2H3/b19-12+. The van der Waals surface area contributed by atoms with Gasteiger partial charge in [-0.3, -0.25) is 4.98 Å². The monoisotopic (exact) mass is 296 g/mol. The second kappa shape index (κ2) is 6.30. The van der Waals surface area contributed by atoms with Crippen LogP contribution in [0, 0.1) is 0 Å². The maximum Gasteiger partial charge on any atom is 0.176 e. The van der Waals surface area contributed by atoms with Crippen LogP contribution in [0.5, 0.6) is 5.75 Å². The first kappa shape index (κ1) is 14.1. The van der Waals surface area contributed by atoms with Gasteiger partial charge in [-0.25, -0.2) is 0 Å². The molecule has 3 aromatic rings. The Morgan fingerprint density at radius 1 is 1.23 bits per heavy atom. The number of hydrogen-bond donors (Lipinski definition) is 0. The molecule has 0 saturated heterocycles. The Hall–Kier alpha value is -2.82. The zero-order chi connectivity index (χ0) is 15.4. The minimum atomic E-state index is 0.392. The summed E-state index contributed by atoms with van der Waals surface area (Å²) in [5, 5.41) is 5.07. The third-order valence-electron chi connectivity index (χ3n) is 3.27. The topological polar surface area (TPSA) is 56.9 Å². The van der Waals surface area contributed by atoms with Crippen LogP contribution in [0.1, 0.15) is 18.2 Å². The van der Waals surface area contributed by atoms with Gasteiger partial charge < -0.3 is 14.0 Å². The van der Waals surface area contributed by atoms with Crippen LogP contribution in [0.15, 0.2) is 58.4 Å². The predicted molar refractivity (Wildman–Crippen MR) is 84.0 cm³/mol. The Labute approximate surface area is 128 Å². The average Bonchev–Trinajstić information content (AvgIpc) is 3.00. The number of pyridine rings is 1. The molecular weight excluding hydrogens is 280 g/mol. The molecular formula is C17H16N2O3. The Kier molecular flexibility index (Phi) is 4.05. The summed E-state index contributed by atoms with van der Waals surface area (Å²) < 4.78 is 11.1. The molecule has 0 N–H and O–H groups in total. The van der Waals surface area contributed by atoms with Crippen molar-refractivity contribution in [3.05, 3.63) is 60.1 Å². The molecule has 22 heavy (non-hydrogen) atoms. The first-order valence-corrected chi connectivity index (χ1v) is 6.90. The Morgan fingerprint density at radius 2 is 2.05 bits per heavy atom. The molecule has 0 saturated carbocycles.